The van der Waals surface area contributed by atoms with Gasteiger partial charge >= 0.3 is 6.03 Å². The topological polar surface area (TPSA) is 89.1 Å². The molecule has 0 aliphatic carbocycles. The van der Waals surface area contributed by atoms with E-state index < -0.39 is 0 Å². The lowest BCUT2D eigenvalue weighted by molar-refractivity contribution is -0.116. The molecule has 170 valence electrons. The number of nitrogens with one attached hydrogen (secondary N) is 2. The highest BCUT2D eigenvalue weighted by molar-refractivity contribution is 5.91. The molecule has 0 radical (unpaired) electrons. The Morgan fingerprint density at radius 2 is 1.72 bits per heavy atom. The zero-order chi connectivity index (χ0) is 22.5. The van der Waals surface area contributed by atoms with E-state index in [1.807, 2.05) is 38.1 Å². The molecule has 0 unspecified atom stereocenters. The molecule has 0 atom stereocenters. The molecule has 8 nitrogen and oxygen atoms in total. The van der Waals surface area contributed by atoms with Crippen molar-refractivity contribution in [3.63, 3.8) is 0 Å². The summed E-state index contributed by atoms with van der Waals surface area (Å²) in [6.45, 7) is 6.37. The maximum atomic E-state index is 12.5. The minimum absolute atomic E-state index is 0.0743. The van der Waals surface area contributed by atoms with Gasteiger partial charge in [-0.05, 0) is 44.0 Å². The average Bonchev–Trinajstić information content (AvgIpc) is 2.99. The number of nitrogens with zero attached hydrogens (tertiary/aromatic N) is 1. The molecule has 0 bridgehead atoms. The van der Waals surface area contributed by atoms with Crippen LogP contribution < -0.4 is 24.8 Å². The van der Waals surface area contributed by atoms with Gasteiger partial charge in [0.1, 0.15) is 25.6 Å². The SMILES string of the molecule is CC(C)NC(=O)N1CCOc2ccc(CCC(=O)Nc3ccc4c(c3)OCCO4)cc2C1. The monoisotopic (exact) mass is 439 g/mol. The number of rotatable bonds is 5. The first kappa shape index (κ1) is 21.8. The van der Waals surface area contributed by atoms with E-state index in [1.54, 1.807) is 17.0 Å². The van der Waals surface area contributed by atoms with Gasteiger partial charge in [0.25, 0.3) is 0 Å². The largest absolute Gasteiger partial charge is 0.491 e. The molecule has 2 heterocycles. The summed E-state index contributed by atoms with van der Waals surface area (Å²) in [6.07, 6.45) is 0.924. The molecule has 2 aliphatic rings. The van der Waals surface area contributed by atoms with E-state index in [0.717, 1.165) is 16.9 Å². The third kappa shape index (κ3) is 5.43. The van der Waals surface area contributed by atoms with Crippen LogP contribution in [0.2, 0.25) is 0 Å². The number of urea groups is 1. The van der Waals surface area contributed by atoms with Gasteiger partial charge in [0.2, 0.25) is 5.91 Å². The molecule has 0 saturated heterocycles. The summed E-state index contributed by atoms with van der Waals surface area (Å²) >= 11 is 0. The van der Waals surface area contributed by atoms with Crippen LogP contribution in [-0.2, 0) is 17.8 Å². The maximum Gasteiger partial charge on any atom is 0.318 e. The van der Waals surface area contributed by atoms with E-state index in [4.69, 9.17) is 14.2 Å². The number of hydrogen-bond donors (Lipinski definition) is 2. The molecule has 2 N–H and O–H groups in total. The van der Waals surface area contributed by atoms with Crippen LogP contribution in [0.3, 0.4) is 0 Å². The molecule has 3 amide bonds. The number of hydrogen-bond acceptors (Lipinski definition) is 5. The van der Waals surface area contributed by atoms with Crippen LogP contribution >= 0.6 is 0 Å². The Morgan fingerprint density at radius 1 is 0.969 bits per heavy atom. The van der Waals surface area contributed by atoms with Crippen LogP contribution in [0.25, 0.3) is 0 Å². The second-order valence-electron chi connectivity index (χ2n) is 8.22. The average molecular weight is 440 g/mol. The van der Waals surface area contributed by atoms with Crippen molar-refractivity contribution in [3.05, 3.63) is 47.5 Å². The molecular weight excluding hydrogens is 410 g/mol. The third-order valence-electron chi connectivity index (χ3n) is 5.27. The number of anilines is 1. The molecule has 8 heteroatoms. The summed E-state index contributed by atoms with van der Waals surface area (Å²) in [4.78, 5) is 26.7. The second-order valence-corrected chi connectivity index (χ2v) is 8.22. The standard InChI is InChI=1S/C24H29N3O5/c1-16(2)25-24(29)27-9-10-30-20-6-3-17(13-18(20)15-27)4-8-23(28)26-19-5-7-21-22(14-19)32-12-11-31-21/h3,5-7,13-14,16H,4,8-12,15H2,1-2H3,(H,25,29)(H,26,28). The first-order valence-electron chi connectivity index (χ1n) is 11.0. The van der Waals surface area contributed by atoms with Crippen LogP contribution in [0.15, 0.2) is 36.4 Å². The Balaban J connectivity index is 1.35. The predicted molar refractivity (Wildman–Crippen MR) is 120 cm³/mol. The molecule has 4 rings (SSSR count). The first-order chi connectivity index (χ1) is 15.5. The molecule has 0 fully saturated rings. The predicted octanol–water partition coefficient (Wildman–Crippen LogP) is 3.34. The molecular formula is C24H29N3O5. The Morgan fingerprint density at radius 3 is 2.53 bits per heavy atom. The van der Waals surface area contributed by atoms with Crippen LogP contribution in [0.4, 0.5) is 10.5 Å². The van der Waals surface area contributed by atoms with Crippen molar-refractivity contribution in [2.24, 2.45) is 0 Å². The molecule has 2 aliphatic heterocycles. The first-order valence-corrected chi connectivity index (χ1v) is 11.0. The van der Waals surface area contributed by atoms with Gasteiger partial charge in [-0.15, -0.1) is 0 Å². The van der Waals surface area contributed by atoms with Crippen molar-refractivity contribution in [1.82, 2.24) is 10.2 Å². The fraction of sp³-hybridized carbons (Fsp3) is 0.417. The van der Waals surface area contributed by atoms with Gasteiger partial charge < -0.3 is 29.7 Å². The maximum absolute atomic E-state index is 12.5. The summed E-state index contributed by atoms with van der Waals surface area (Å²) in [5.74, 6) is 2.04. The highest BCUT2D eigenvalue weighted by atomic mass is 16.6. The lowest BCUT2D eigenvalue weighted by Gasteiger charge is -2.22. The molecule has 2 aromatic rings. The van der Waals surface area contributed by atoms with E-state index >= 15 is 0 Å². The highest BCUT2D eigenvalue weighted by Crippen LogP contribution is 2.32. The summed E-state index contributed by atoms with van der Waals surface area (Å²) in [5, 5.41) is 5.84. The zero-order valence-corrected chi connectivity index (χ0v) is 18.5. The minimum Gasteiger partial charge on any atom is -0.491 e. The van der Waals surface area contributed by atoms with Crippen LogP contribution in [0, 0.1) is 0 Å². The van der Waals surface area contributed by atoms with E-state index in [2.05, 4.69) is 10.6 Å². The third-order valence-corrected chi connectivity index (χ3v) is 5.27. The number of fused-ring (bicyclic) bond motifs is 2. The van der Waals surface area contributed by atoms with E-state index in [9.17, 15) is 9.59 Å². The number of carbonyl (C=O) groups is 2. The van der Waals surface area contributed by atoms with Gasteiger partial charge in [-0.3, -0.25) is 4.79 Å². The van der Waals surface area contributed by atoms with Crippen molar-refractivity contribution < 1.29 is 23.8 Å². The van der Waals surface area contributed by atoms with Gasteiger partial charge in [-0.2, -0.15) is 0 Å². The minimum atomic E-state index is -0.0966. The highest BCUT2D eigenvalue weighted by Gasteiger charge is 2.21. The molecule has 0 saturated carbocycles. The normalized spacial score (nSPS) is 14.8. The summed E-state index contributed by atoms with van der Waals surface area (Å²) < 4.78 is 16.9. The van der Waals surface area contributed by atoms with E-state index in [-0.39, 0.29) is 18.0 Å². The van der Waals surface area contributed by atoms with Crippen molar-refractivity contribution >= 4 is 17.6 Å². The van der Waals surface area contributed by atoms with Crippen LogP contribution in [0.1, 0.15) is 31.4 Å². The Hall–Kier alpha value is -3.42. The fourth-order valence-corrected chi connectivity index (χ4v) is 3.72. The van der Waals surface area contributed by atoms with Crippen molar-refractivity contribution in [3.8, 4) is 17.2 Å². The Bertz CT molecular complexity index is 992. The van der Waals surface area contributed by atoms with Crippen molar-refractivity contribution in [2.75, 3.05) is 31.7 Å². The number of amides is 3. The van der Waals surface area contributed by atoms with E-state index in [1.165, 1.54) is 0 Å². The fourth-order valence-electron chi connectivity index (χ4n) is 3.72. The number of carbonyl (C=O) groups excluding carboxylic acids is 2. The van der Waals surface area contributed by atoms with E-state index in [0.29, 0.717) is 62.9 Å². The van der Waals surface area contributed by atoms with Crippen LogP contribution in [-0.4, -0.2) is 49.2 Å². The number of benzene rings is 2. The Kier molecular flexibility index (Phi) is 6.68. The van der Waals surface area contributed by atoms with Crippen molar-refractivity contribution in [2.45, 2.75) is 39.3 Å². The Labute approximate surface area is 187 Å². The van der Waals surface area contributed by atoms with Gasteiger partial charge in [0, 0.05) is 29.8 Å². The van der Waals surface area contributed by atoms with Gasteiger partial charge in [0.15, 0.2) is 11.5 Å². The molecule has 0 aromatic heterocycles. The van der Waals surface area contributed by atoms with Gasteiger partial charge in [-0.1, -0.05) is 12.1 Å². The summed E-state index contributed by atoms with van der Waals surface area (Å²) in [7, 11) is 0. The molecule has 32 heavy (non-hydrogen) atoms. The summed E-state index contributed by atoms with van der Waals surface area (Å²) in [5.41, 5.74) is 2.66. The van der Waals surface area contributed by atoms with Gasteiger partial charge in [-0.25, -0.2) is 4.79 Å². The quantitative estimate of drug-likeness (QED) is 0.746. The second kappa shape index (κ2) is 9.80. The van der Waals surface area contributed by atoms with Crippen molar-refractivity contribution in [1.29, 1.82) is 0 Å². The zero-order valence-electron chi connectivity index (χ0n) is 18.5. The van der Waals surface area contributed by atoms with Gasteiger partial charge in [0.05, 0.1) is 13.1 Å². The number of aryl methyl sites for hydroxylation is 1. The lowest BCUT2D eigenvalue weighted by atomic mass is 10.0. The smallest absolute Gasteiger partial charge is 0.318 e. The molecule has 2 aromatic carbocycles. The number of ether oxygens (including phenoxy) is 3. The summed E-state index contributed by atoms with van der Waals surface area (Å²) in [6, 6.07) is 11.3. The molecule has 0 spiro atoms. The van der Waals surface area contributed by atoms with Crippen LogP contribution in [0.5, 0.6) is 17.2 Å². The lowest BCUT2D eigenvalue weighted by Crippen LogP contribution is -2.43.